The van der Waals surface area contributed by atoms with Gasteiger partial charge in [0.15, 0.2) is 0 Å². The number of amides is 1. The van der Waals surface area contributed by atoms with Gasteiger partial charge in [0.1, 0.15) is 0 Å². The molecule has 1 rings (SSSR count). The fraction of sp³-hybridized carbons (Fsp3) is 0.619. The zero-order valence-corrected chi connectivity index (χ0v) is 17.0. The normalized spacial score (nSPS) is 12.9. The van der Waals surface area contributed by atoms with Crippen molar-refractivity contribution < 1.29 is 9.53 Å². The summed E-state index contributed by atoms with van der Waals surface area (Å²) >= 11 is 0. The zero-order valence-electron chi connectivity index (χ0n) is 17.0. The minimum absolute atomic E-state index is 0.107. The minimum Gasteiger partial charge on any atom is -0.465 e. The molecule has 1 aromatic carbocycles. The average molecular weight is 362 g/mol. The number of amidine groups is 1. The summed E-state index contributed by atoms with van der Waals surface area (Å²) < 4.78 is 5.66. The predicted molar refractivity (Wildman–Crippen MR) is 109 cm³/mol. The van der Waals surface area contributed by atoms with Crippen LogP contribution < -0.4 is 5.32 Å². The van der Waals surface area contributed by atoms with Gasteiger partial charge in [-0.1, -0.05) is 38.5 Å². The molecule has 0 fully saturated rings. The Labute approximate surface area is 158 Å². The molecule has 0 saturated carbocycles. The van der Waals surface area contributed by atoms with E-state index in [-0.39, 0.29) is 11.9 Å². The Morgan fingerprint density at radius 3 is 2.62 bits per heavy atom. The van der Waals surface area contributed by atoms with Crippen molar-refractivity contribution in [2.24, 2.45) is 4.99 Å². The topological polar surface area (TPSA) is 53.9 Å². The van der Waals surface area contributed by atoms with Crippen LogP contribution in [-0.4, -0.2) is 49.1 Å². The maximum atomic E-state index is 12.5. The number of hydrogen-bond donors (Lipinski definition) is 1. The van der Waals surface area contributed by atoms with Crippen LogP contribution in [0.1, 0.15) is 62.9 Å². The van der Waals surface area contributed by atoms with Crippen molar-refractivity contribution in [1.29, 1.82) is 0 Å². The van der Waals surface area contributed by atoms with Crippen LogP contribution in [0, 0.1) is 6.92 Å². The Bertz CT molecular complexity index is 568. The molecule has 0 heterocycles. The van der Waals surface area contributed by atoms with Crippen molar-refractivity contribution in [1.82, 2.24) is 10.2 Å². The van der Waals surface area contributed by atoms with Crippen LogP contribution in [0.5, 0.6) is 0 Å². The van der Waals surface area contributed by atoms with Gasteiger partial charge < -0.3 is 9.64 Å². The summed E-state index contributed by atoms with van der Waals surface area (Å²) in [6.07, 6.45) is 2.92. The third kappa shape index (κ3) is 8.48. The summed E-state index contributed by atoms with van der Waals surface area (Å²) in [4.78, 5) is 19.5. The Morgan fingerprint density at radius 1 is 1.27 bits per heavy atom. The second-order valence-corrected chi connectivity index (χ2v) is 6.62. The fourth-order valence-electron chi connectivity index (χ4n) is 2.67. The summed E-state index contributed by atoms with van der Waals surface area (Å²) in [6.45, 7) is 14.2. The molecule has 1 amide bonds. The highest BCUT2D eigenvalue weighted by atomic mass is 16.5. The molecule has 0 radical (unpaired) electrons. The van der Waals surface area contributed by atoms with E-state index >= 15 is 0 Å². The Kier molecular flexibility index (Phi) is 10.6. The Balaban J connectivity index is 2.65. The number of rotatable bonds is 10. The van der Waals surface area contributed by atoms with Crippen LogP contribution >= 0.6 is 0 Å². The second-order valence-electron chi connectivity index (χ2n) is 6.62. The predicted octanol–water partition coefficient (Wildman–Crippen LogP) is 4.02. The monoisotopic (exact) mass is 361 g/mol. The summed E-state index contributed by atoms with van der Waals surface area (Å²) in [6, 6.07) is 7.94. The molecule has 0 saturated heterocycles. The van der Waals surface area contributed by atoms with Gasteiger partial charge in [-0.3, -0.25) is 10.1 Å². The van der Waals surface area contributed by atoms with E-state index in [1.807, 2.05) is 32.0 Å². The van der Waals surface area contributed by atoms with Gasteiger partial charge in [-0.25, -0.2) is 4.99 Å². The van der Waals surface area contributed by atoms with E-state index in [1.165, 1.54) is 0 Å². The van der Waals surface area contributed by atoms with Crippen LogP contribution in [0.25, 0.3) is 0 Å². The molecule has 0 aliphatic rings. The molecule has 0 aliphatic heterocycles. The number of nitrogens with one attached hydrogen (secondary N) is 1. The third-order valence-electron chi connectivity index (χ3n) is 4.27. The lowest BCUT2D eigenvalue weighted by atomic mass is 10.1. The van der Waals surface area contributed by atoms with Crippen molar-refractivity contribution in [2.45, 2.75) is 59.9 Å². The highest BCUT2D eigenvalue weighted by Crippen LogP contribution is 2.06. The number of nitrogens with zero attached hydrogens (tertiary/aromatic N) is 2. The first kappa shape index (κ1) is 22.2. The summed E-state index contributed by atoms with van der Waals surface area (Å²) in [5.74, 6) is -0.182. The Hall–Kier alpha value is -1.88. The van der Waals surface area contributed by atoms with Gasteiger partial charge in [-0.2, -0.15) is 0 Å². The van der Waals surface area contributed by atoms with Crippen molar-refractivity contribution in [3.8, 4) is 0 Å². The van der Waals surface area contributed by atoms with Gasteiger partial charge in [0.2, 0.25) is 0 Å². The average Bonchev–Trinajstić information content (AvgIpc) is 2.63. The SMILES string of the molecule is CCCOC(=NC(C)CCCN(CC)CC)NC(=O)c1cccc(C)c1. The zero-order chi connectivity index (χ0) is 19.4. The molecule has 5 nitrogen and oxygen atoms in total. The van der Waals surface area contributed by atoms with Crippen LogP contribution in [-0.2, 0) is 4.74 Å². The van der Waals surface area contributed by atoms with Crippen LogP contribution in [0.3, 0.4) is 0 Å². The number of aliphatic imine (C=N–C) groups is 1. The van der Waals surface area contributed by atoms with Crippen LogP contribution in [0.4, 0.5) is 0 Å². The van der Waals surface area contributed by atoms with Crippen LogP contribution in [0.15, 0.2) is 29.3 Å². The minimum atomic E-state index is -0.182. The molecule has 1 aromatic rings. The van der Waals surface area contributed by atoms with Gasteiger partial charge in [-0.15, -0.1) is 0 Å². The highest BCUT2D eigenvalue weighted by Gasteiger charge is 2.12. The molecule has 1 N–H and O–H groups in total. The number of benzene rings is 1. The van der Waals surface area contributed by atoms with E-state index in [0.717, 1.165) is 44.5 Å². The maximum Gasteiger partial charge on any atom is 0.291 e. The summed E-state index contributed by atoms with van der Waals surface area (Å²) in [7, 11) is 0. The van der Waals surface area contributed by atoms with Gasteiger partial charge in [0.05, 0.1) is 12.6 Å². The van der Waals surface area contributed by atoms with Gasteiger partial charge in [0, 0.05) is 5.56 Å². The third-order valence-corrected chi connectivity index (χ3v) is 4.27. The number of hydrogen-bond acceptors (Lipinski definition) is 4. The molecule has 1 atom stereocenters. The fourth-order valence-corrected chi connectivity index (χ4v) is 2.67. The molecular formula is C21H35N3O2. The first-order valence-corrected chi connectivity index (χ1v) is 9.81. The molecule has 0 bridgehead atoms. The highest BCUT2D eigenvalue weighted by molar-refractivity contribution is 6.04. The number of ether oxygens (including phenoxy) is 1. The van der Waals surface area contributed by atoms with E-state index in [1.54, 1.807) is 6.07 Å². The summed E-state index contributed by atoms with van der Waals surface area (Å²) in [5, 5.41) is 2.83. The lowest BCUT2D eigenvalue weighted by Crippen LogP contribution is -2.34. The molecule has 0 spiro atoms. The van der Waals surface area contributed by atoms with E-state index in [0.29, 0.717) is 18.2 Å². The number of aryl methyl sites for hydroxylation is 1. The molecule has 26 heavy (non-hydrogen) atoms. The van der Waals surface area contributed by atoms with Crippen molar-refractivity contribution >= 4 is 11.9 Å². The number of carbonyl (C=O) groups is 1. The second kappa shape index (κ2) is 12.5. The van der Waals surface area contributed by atoms with E-state index < -0.39 is 0 Å². The van der Waals surface area contributed by atoms with Gasteiger partial charge in [0.25, 0.3) is 11.9 Å². The molecule has 146 valence electrons. The Morgan fingerprint density at radius 2 is 2.00 bits per heavy atom. The van der Waals surface area contributed by atoms with Gasteiger partial charge in [-0.05, 0) is 64.9 Å². The standard InChI is InChI=1S/C21H35N3O2/c1-6-15-26-21(22-18(5)12-10-14-24(7-2)8-3)23-20(25)19-13-9-11-17(4)16-19/h9,11,13,16,18H,6-8,10,12,14-15H2,1-5H3,(H,22,23,25). The lowest BCUT2D eigenvalue weighted by Gasteiger charge is -2.18. The van der Waals surface area contributed by atoms with E-state index in [9.17, 15) is 4.79 Å². The maximum absolute atomic E-state index is 12.5. The van der Waals surface area contributed by atoms with Crippen LogP contribution in [0.2, 0.25) is 0 Å². The quantitative estimate of drug-likeness (QED) is 0.506. The molecular weight excluding hydrogens is 326 g/mol. The van der Waals surface area contributed by atoms with E-state index in [4.69, 9.17) is 4.74 Å². The van der Waals surface area contributed by atoms with Gasteiger partial charge >= 0.3 is 0 Å². The first-order valence-electron chi connectivity index (χ1n) is 9.81. The van der Waals surface area contributed by atoms with Crippen molar-refractivity contribution in [3.63, 3.8) is 0 Å². The van der Waals surface area contributed by atoms with Crippen molar-refractivity contribution in [3.05, 3.63) is 35.4 Å². The molecule has 0 aromatic heterocycles. The number of carbonyl (C=O) groups excluding carboxylic acids is 1. The smallest absolute Gasteiger partial charge is 0.291 e. The molecule has 5 heteroatoms. The molecule has 0 aliphatic carbocycles. The molecule has 1 unspecified atom stereocenters. The van der Waals surface area contributed by atoms with Crippen molar-refractivity contribution in [2.75, 3.05) is 26.2 Å². The first-order chi connectivity index (χ1) is 12.5. The summed E-state index contributed by atoms with van der Waals surface area (Å²) in [5.41, 5.74) is 1.67. The lowest BCUT2D eigenvalue weighted by molar-refractivity contribution is 0.0965. The largest absolute Gasteiger partial charge is 0.465 e. The van der Waals surface area contributed by atoms with E-state index in [2.05, 4.69) is 36.0 Å².